The van der Waals surface area contributed by atoms with Gasteiger partial charge in [0.25, 0.3) is 0 Å². The fraction of sp³-hybridized carbons (Fsp3) is 0.514. The van der Waals surface area contributed by atoms with Gasteiger partial charge in [-0.1, -0.05) is 70.9 Å². The maximum atomic E-state index is 11.8. The van der Waals surface area contributed by atoms with Gasteiger partial charge in [0, 0.05) is 6.07 Å². The zero-order valence-corrected chi connectivity index (χ0v) is 27.0. The molecule has 0 saturated heterocycles. The van der Waals surface area contributed by atoms with Gasteiger partial charge >= 0.3 is 11.9 Å². The van der Waals surface area contributed by atoms with Crippen molar-refractivity contribution in [1.82, 2.24) is 0 Å². The smallest absolute Gasteiger partial charge is 0.335 e. The number of hydrogen-bond donors (Lipinski definition) is 2. The van der Waals surface area contributed by atoms with Crippen LogP contribution in [-0.4, -0.2) is 61.8 Å². The first-order chi connectivity index (χ1) is 21.8. The molecule has 0 heterocycles. The molecule has 8 nitrogen and oxygen atoms in total. The average molecular weight is 623 g/mol. The van der Waals surface area contributed by atoms with Crippen LogP contribution in [0.4, 0.5) is 0 Å². The highest BCUT2D eigenvalue weighted by Gasteiger charge is 2.23. The number of aliphatic hydroxyl groups excluding tert-OH is 2. The second-order valence-electron chi connectivity index (χ2n) is 11.7. The topological polar surface area (TPSA) is 112 Å². The van der Waals surface area contributed by atoms with Crippen molar-refractivity contribution in [3.05, 3.63) is 71.8 Å². The van der Waals surface area contributed by atoms with Crippen LogP contribution < -0.4 is 9.47 Å². The van der Waals surface area contributed by atoms with Gasteiger partial charge < -0.3 is 29.2 Å². The van der Waals surface area contributed by atoms with Crippen molar-refractivity contribution in [1.29, 1.82) is 0 Å². The Morgan fingerprint density at radius 3 is 1.87 bits per heavy atom. The number of esters is 2. The molecule has 0 unspecified atom stereocenters. The van der Waals surface area contributed by atoms with E-state index in [0.717, 1.165) is 23.5 Å². The van der Waals surface area contributed by atoms with E-state index in [1.165, 1.54) is 62.5 Å². The van der Waals surface area contributed by atoms with Crippen molar-refractivity contribution in [3.8, 4) is 22.6 Å². The number of carbonyl (C=O) groups is 2. The number of ether oxygens (including phenoxy) is 4. The van der Waals surface area contributed by atoms with E-state index < -0.39 is 25.2 Å². The van der Waals surface area contributed by atoms with E-state index in [2.05, 4.69) is 45.2 Å². The van der Waals surface area contributed by atoms with Crippen molar-refractivity contribution < 1.29 is 38.7 Å². The summed E-state index contributed by atoms with van der Waals surface area (Å²) in [5, 5.41) is 18.1. The number of aryl methyl sites for hydroxylation is 1. The molecule has 0 aromatic heterocycles. The standard InChI is InChI=1S/C37H50O8/c1-5-7-8-9-28-10-12-30(13-11-28)31-14-15-35(29(6-2)20-31)32-21-33(42-16-18-44-36(40)26(3)24-38)23-34(22-32)43-17-19-45-37(41)27(4)25-39/h14-15,20-23,28,30,38-39H,3-13,16-19,24-25H2,1-2H3. The molecule has 2 aromatic rings. The van der Waals surface area contributed by atoms with E-state index in [9.17, 15) is 9.59 Å². The molecule has 0 aliphatic heterocycles. The Bertz CT molecular complexity index is 1220. The Kier molecular flexibility index (Phi) is 15.2. The lowest BCUT2D eigenvalue weighted by molar-refractivity contribution is -0.141. The summed E-state index contributed by atoms with van der Waals surface area (Å²) in [5.41, 5.74) is 4.61. The minimum atomic E-state index is -0.671. The van der Waals surface area contributed by atoms with Gasteiger partial charge in [0.05, 0.1) is 24.4 Å². The third-order valence-corrected chi connectivity index (χ3v) is 8.36. The molecule has 1 aliphatic rings. The van der Waals surface area contributed by atoms with Gasteiger partial charge in [0.15, 0.2) is 0 Å². The van der Waals surface area contributed by atoms with Crippen LogP contribution in [0, 0.1) is 5.92 Å². The fourth-order valence-electron chi connectivity index (χ4n) is 5.72. The summed E-state index contributed by atoms with van der Waals surface area (Å²) < 4.78 is 22.1. The lowest BCUT2D eigenvalue weighted by Gasteiger charge is -2.29. The van der Waals surface area contributed by atoms with Gasteiger partial charge in [-0.25, -0.2) is 9.59 Å². The van der Waals surface area contributed by atoms with Crippen molar-refractivity contribution in [2.75, 3.05) is 39.6 Å². The molecular formula is C37H50O8. The van der Waals surface area contributed by atoms with E-state index in [-0.39, 0.29) is 37.6 Å². The SMILES string of the molecule is C=C(CO)C(=O)OCCOc1cc(OCCOC(=O)C(=C)CO)cc(-c2ccc(C3CCC(CCCCC)CC3)cc2CC)c1. The van der Waals surface area contributed by atoms with Crippen LogP contribution in [0.15, 0.2) is 60.7 Å². The average Bonchev–Trinajstić information content (AvgIpc) is 3.07. The number of carbonyl (C=O) groups excluding carboxylic acids is 2. The quantitative estimate of drug-likeness (QED) is 0.101. The first-order valence-corrected chi connectivity index (χ1v) is 16.2. The van der Waals surface area contributed by atoms with E-state index in [1.54, 1.807) is 6.07 Å². The van der Waals surface area contributed by atoms with Gasteiger partial charge in [0.1, 0.15) is 37.9 Å². The number of benzene rings is 2. The van der Waals surface area contributed by atoms with Crippen LogP contribution in [0.5, 0.6) is 11.5 Å². The van der Waals surface area contributed by atoms with Crippen molar-refractivity contribution in [2.24, 2.45) is 5.92 Å². The minimum absolute atomic E-state index is 0.0152. The summed E-state index contributed by atoms with van der Waals surface area (Å²) >= 11 is 0. The van der Waals surface area contributed by atoms with Crippen molar-refractivity contribution in [2.45, 2.75) is 77.6 Å². The Balaban J connectivity index is 1.74. The monoisotopic (exact) mass is 622 g/mol. The third-order valence-electron chi connectivity index (χ3n) is 8.36. The fourth-order valence-corrected chi connectivity index (χ4v) is 5.72. The third kappa shape index (κ3) is 11.4. The van der Waals surface area contributed by atoms with Gasteiger partial charge in [-0.3, -0.25) is 0 Å². The molecule has 1 saturated carbocycles. The summed E-state index contributed by atoms with van der Waals surface area (Å²) in [6, 6.07) is 12.4. The minimum Gasteiger partial charge on any atom is -0.490 e. The second kappa shape index (κ2) is 19.0. The molecule has 0 atom stereocenters. The van der Waals surface area contributed by atoms with Crippen LogP contribution in [0.25, 0.3) is 11.1 Å². The van der Waals surface area contributed by atoms with Crippen LogP contribution in [0.1, 0.15) is 82.3 Å². The first-order valence-electron chi connectivity index (χ1n) is 16.2. The predicted molar refractivity (Wildman–Crippen MR) is 175 cm³/mol. The number of rotatable bonds is 19. The molecule has 1 aliphatic carbocycles. The van der Waals surface area contributed by atoms with E-state index in [4.69, 9.17) is 29.2 Å². The van der Waals surface area contributed by atoms with Crippen LogP contribution in [0.2, 0.25) is 0 Å². The normalized spacial score (nSPS) is 16.1. The van der Waals surface area contributed by atoms with E-state index >= 15 is 0 Å². The molecule has 2 N–H and O–H groups in total. The summed E-state index contributed by atoms with van der Waals surface area (Å²) in [5.74, 6) is 1.17. The molecule has 2 aromatic carbocycles. The Hall–Kier alpha value is -3.62. The molecule has 0 amide bonds. The highest BCUT2D eigenvalue weighted by Crippen LogP contribution is 2.40. The summed E-state index contributed by atoms with van der Waals surface area (Å²) in [6.07, 6.45) is 11.3. The van der Waals surface area contributed by atoms with E-state index in [1.807, 2.05) is 12.1 Å². The van der Waals surface area contributed by atoms with Crippen LogP contribution >= 0.6 is 0 Å². The molecule has 246 valence electrons. The van der Waals surface area contributed by atoms with Gasteiger partial charge in [0.2, 0.25) is 0 Å². The second-order valence-corrected chi connectivity index (χ2v) is 11.7. The largest absolute Gasteiger partial charge is 0.490 e. The van der Waals surface area contributed by atoms with Gasteiger partial charge in [-0.15, -0.1) is 0 Å². The number of hydrogen-bond acceptors (Lipinski definition) is 8. The molecule has 0 radical (unpaired) electrons. The first kappa shape index (κ1) is 35.9. The van der Waals surface area contributed by atoms with Gasteiger partial charge in [-0.2, -0.15) is 0 Å². The van der Waals surface area contributed by atoms with Crippen LogP contribution in [-0.2, 0) is 25.5 Å². The maximum absolute atomic E-state index is 11.8. The molecule has 0 bridgehead atoms. The lowest BCUT2D eigenvalue weighted by atomic mass is 9.76. The molecule has 45 heavy (non-hydrogen) atoms. The Labute approximate surface area is 268 Å². The summed E-state index contributed by atoms with van der Waals surface area (Å²) in [4.78, 5) is 23.6. The van der Waals surface area contributed by atoms with Gasteiger partial charge in [-0.05, 0) is 78.3 Å². The molecule has 1 fully saturated rings. The molecule has 0 spiro atoms. The number of unbranched alkanes of at least 4 members (excludes halogenated alkanes) is 2. The van der Waals surface area contributed by atoms with Crippen molar-refractivity contribution in [3.63, 3.8) is 0 Å². The maximum Gasteiger partial charge on any atom is 0.335 e. The van der Waals surface area contributed by atoms with E-state index in [0.29, 0.717) is 17.4 Å². The predicted octanol–water partition coefficient (Wildman–Crippen LogP) is 6.71. The zero-order valence-electron chi connectivity index (χ0n) is 27.0. The summed E-state index contributed by atoms with van der Waals surface area (Å²) in [7, 11) is 0. The van der Waals surface area contributed by atoms with Crippen molar-refractivity contribution >= 4 is 11.9 Å². The Morgan fingerprint density at radius 2 is 1.36 bits per heavy atom. The zero-order chi connectivity index (χ0) is 32.6. The summed E-state index contributed by atoms with van der Waals surface area (Å²) in [6.45, 7) is 10.6. The Morgan fingerprint density at radius 1 is 0.778 bits per heavy atom. The highest BCUT2D eigenvalue weighted by molar-refractivity contribution is 5.88. The molecule has 3 rings (SSSR count). The molecular weight excluding hydrogens is 572 g/mol. The molecule has 8 heteroatoms. The highest BCUT2D eigenvalue weighted by atomic mass is 16.6. The van der Waals surface area contributed by atoms with Crippen LogP contribution in [0.3, 0.4) is 0 Å². The number of aliphatic hydroxyl groups is 2. The lowest BCUT2D eigenvalue weighted by Crippen LogP contribution is -2.15.